The average molecular weight is 319 g/mol. The Bertz CT molecular complexity index is 534. The van der Waals surface area contributed by atoms with Crippen molar-refractivity contribution in [1.82, 2.24) is 0 Å². The zero-order valence-corrected chi connectivity index (χ0v) is 12.3. The van der Waals surface area contributed by atoms with E-state index in [-0.39, 0.29) is 5.78 Å². The first kappa shape index (κ1) is 14.0. The summed E-state index contributed by atoms with van der Waals surface area (Å²) in [7, 11) is 1.57. The molecular formula is C16H15BrO2. The molecule has 2 nitrogen and oxygen atoms in total. The number of hydrogen-bond acceptors (Lipinski definition) is 2. The van der Waals surface area contributed by atoms with Crippen LogP contribution in [0.15, 0.2) is 59.1 Å². The Morgan fingerprint density at radius 3 is 2.32 bits per heavy atom. The molecule has 0 aliphatic carbocycles. The number of rotatable bonds is 5. The van der Waals surface area contributed by atoms with Gasteiger partial charge in [-0.15, -0.1) is 0 Å². The zero-order valence-electron chi connectivity index (χ0n) is 10.7. The second-order valence-corrected chi connectivity index (χ2v) is 5.21. The molecule has 3 heteroatoms. The Hall–Kier alpha value is -1.45. The van der Waals surface area contributed by atoms with Gasteiger partial charge < -0.3 is 4.74 Å². The van der Waals surface area contributed by atoms with Crippen LogP contribution in [0, 0.1) is 0 Å². The van der Waals surface area contributed by atoms with Gasteiger partial charge in [-0.05, 0) is 23.3 Å². The summed E-state index contributed by atoms with van der Waals surface area (Å²) < 4.78 is 6.34. The third-order valence-electron chi connectivity index (χ3n) is 2.92. The van der Waals surface area contributed by atoms with Crippen molar-refractivity contribution >= 4 is 21.7 Å². The highest BCUT2D eigenvalue weighted by molar-refractivity contribution is 9.10. The molecular weight excluding hydrogens is 304 g/mol. The Morgan fingerprint density at radius 1 is 1.11 bits per heavy atom. The van der Waals surface area contributed by atoms with Gasteiger partial charge in [0.15, 0.2) is 5.78 Å². The van der Waals surface area contributed by atoms with Gasteiger partial charge >= 0.3 is 0 Å². The smallest absolute Gasteiger partial charge is 0.170 e. The Labute approximate surface area is 121 Å². The molecule has 0 N–H and O–H groups in total. The number of hydrogen-bond donors (Lipinski definition) is 0. The summed E-state index contributed by atoms with van der Waals surface area (Å²) in [5.74, 6) is 0.0658. The minimum Gasteiger partial charge on any atom is -0.369 e. The molecule has 19 heavy (non-hydrogen) atoms. The summed E-state index contributed by atoms with van der Waals surface area (Å²) in [6, 6.07) is 17.3. The van der Waals surface area contributed by atoms with Gasteiger partial charge in [0, 0.05) is 18.0 Å². The minimum absolute atomic E-state index is 0.0658. The van der Waals surface area contributed by atoms with Crippen LogP contribution < -0.4 is 0 Å². The van der Waals surface area contributed by atoms with Gasteiger partial charge in [-0.2, -0.15) is 0 Å². The summed E-state index contributed by atoms with van der Waals surface area (Å²) in [5, 5.41) is 0. The van der Waals surface area contributed by atoms with E-state index >= 15 is 0 Å². The molecule has 0 radical (unpaired) electrons. The molecule has 0 aliphatic heterocycles. The van der Waals surface area contributed by atoms with E-state index in [9.17, 15) is 4.79 Å². The van der Waals surface area contributed by atoms with Crippen LogP contribution in [-0.2, 0) is 16.0 Å². The second kappa shape index (κ2) is 6.64. The van der Waals surface area contributed by atoms with Crippen molar-refractivity contribution < 1.29 is 9.53 Å². The van der Waals surface area contributed by atoms with Crippen LogP contribution >= 0.6 is 15.9 Å². The molecule has 2 rings (SSSR count). The zero-order chi connectivity index (χ0) is 13.7. The average Bonchev–Trinajstić information content (AvgIpc) is 2.43. The van der Waals surface area contributed by atoms with E-state index < -0.39 is 6.10 Å². The van der Waals surface area contributed by atoms with E-state index in [2.05, 4.69) is 15.9 Å². The molecule has 0 aromatic heterocycles. The van der Waals surface area contributed by atoms with E-state index in [1.807, 2.05) is 54.6 Å². The molecule has 0 spiro atoms. The van der Waals surface area contributed by atoms with E-state index in [1.165, 1.54) is 0 Å². The van der Waals surface area contributed by atoms with Crippen LogP contribution in [0.5, 0.6) is 0 Å². The number of ketones is 1. The predicted octanol–water partition coefficient (Wildman–Crippen LogP) is 3.95. The number of ether oxygens (including phenoxy) is 1. The minimum atomic E-state index is -0.496. The number of methoxy groups -OCH3 is 1. The van der Waals surface area contributed by atoms with Crippen molar-refractivity contribution in [1.29, 1.82) is 0 Å². The first-order valence-corrected chi connectivity index (χ1v) is 6.85. The normalized spacial score (nSPS) is 12.1. The van der Waals surface area contributed by atoms with Crippen molar-refractivity contribution in [2.45, 2.75) is 12.5 Å². The van der Waals surface area contributed by atoms with Crippen molar-refractivity contribution in [3.63, 3.8) is 0 Å². The maximum atomic E-state index is 12.3. The van der Waals surface area contributed by atoms with Crippen molar-refractivity contribution in [3.05, 3.63) is 70.2 Å². The summed E-state index contributed by atoms with van der Waals surface area (Å²) in [6.07, 6.45) is -0.120. The van der Waals surface area contributed by atoms with Gasteiger partial charge in [0.2, 0.25) is 0 Å². The van der Waals surface area contributed by atoms with Crippen LogP contribution in [0.2, 0.25) is 0 Å². The Kier molecular flexibility index (Phi) is 4.88. The van der Waals surface area contributed by atoms with Crippen LogP contribution in [0.1, 0.15) is 17.2 Å². The predicted molar refractivity (Wildman–Crippen MR) is 79.0 cm³/mol. The molecule has 0 aliphatic rings. The van der Waals surface area contributed by atoms with Crippen LogP contribution in [0.4, 0.5) is 0 Å². The second-order valence-electron chi connectivity index (χ2n) is 4.30. The molecule has 2 aromatic carbocycles. The molecule has 0 heterocycles. The molecule has 2 aromatic rings. The monoisotopic (exact) mass is 318 g/mol. The van der Waals surface area contributed by atoms with Gasteiger partial charge in [0.25, 0.3) is 0 Å². The van der Waals surface area contributed by atoms with Crippen LogP contribution in [0.25, 0.3) is 0 Å². The first-order valence-electron chi connectivity index (χ1n) is 6.05. The van der Waals surface area contributed by atoms with Crippen molar-refractivity contribution in [3.8, 4) is 0 Å². The molecule has 0 amide bonds. The summed E-state index contributed by atoms with van der Waals surface area (Å²) in [6.45, 7) is 0. The third kappa shape index (κ3) is 3.75. The lowest BCUT2D eigenvalue weighted by Crippen LogP contribution is -2.16. The van der Waals surface area contributed by atoms with Gasteiger partial charge in [-0.1, -0.05) is 58.4 Å². The first-order chi connectivity index (χ1) is 9.20. The summed E-state index contributed by atoms with van der Waals surface area (Å²) in [4.78, 5) is 12.3. The Balaban J connectivity index is 2.11. The molecule has 1 unspecified atom stereocenters. The maximum Gasteiger partial charge on any atom is 0.170 e. The lowest BCUT2D eigenvalue weighted by molar-refractivity contribution is -0.128. The third-order valence-corrected chi connectivity index (χ3v) is 3.45. The highest BCUT2D eigenvalue weighted by Crippen LogP contribution is 2.20. The Morgan fingerprint density at radius 2 is 1.74 bits per heavy atom. The highest BCUT2D eigenvalue weighted by atomic mass is 79.9. The lowest BCUT2D eigenvalue weighted by Gasteiger charge is -2.14. The van der Waals surface area contributed by atoms with Gasteiger partial charge in [0.1, 0.15) is 6.10 Å². The van der Waals surface area contributed by atoms with E-state index in [1.54, 1.807) is 7.11 Å². The fourth-order valence-electron chi connectivity index (χ4n) is 1.98. The molecule has 0 saturated heterocycles. The van der Waals surface area contributed by atoms with Crippen molar-refractivity contribution in [2.75, 3.05) is 7.11 Å². The van der Waals surface area contributed by atoms with Gasteiger partial charge in [0.05, 0.1) is 0 Å². The molecule has 0 fully saturated rings. The standard InChI is InChI=1S/C16H15BrO2/c1-19-16(13-5-3-2-4-6-13)15(18)11-12-7-9-14(17)10-8-12/h2-10,16H,11H2,1H3. The van der Waals surface area contributed by atoms with E-state index in [0.29, 0.717) is 6.42 Å². The maximum absolute atomic E-state index is 12.3. The number of carbonyl (C=O) groups excluding carboxylic acids is 1. The molecule has 98 valence electrons. The quantitative estimate of drug-likeness (QED) is 0.834. The summed E-state index contributed by atoms with van der Waals surface area (Å²) in [5.41, 5.74) is 1.89. The van der Waals surface area contributed by atoms with E-state index in [0.717, 1.165) is 15.6 Å². The number of Topliss-reactive ketones (excluding diaryl/α,β-unsaturated/α-hetero) is 1. The van der Waals surface area contributed by atoms with Crippen LogP contribution in [-0.4, -0.2) is 12.9 Å². The summed E-state index contributed by atoms with van der Waals surface area (Å²) >= 11 is 3.38. The number of benzene rings is 2. The lowest BCUT2D eigenvalue weighted by atomic mass is 10.00. The molecule has 1 atom stereocenters. The SMILES string of the molecule is COC(C(=O)Cc1ccc(Br)cc1)c1ccccc1. The number of halogens is 1. The van der Waals surface area contributed by atoms with Gasteiger partial charge in [-0.25, -0.2) is 0 Å². The molecule has 0 bridgehead atoms. The largest absolute Gasteiger partial charge is 0.369 e. The van der Waals surface area contributed by atoms with Gasteiger partial charge in [-0.3, -0.25) is 4.79 Å². The molecule has 0 saturated carbocycles. The van der Waals surface area contributed by atoms with E-state index in [4.69, 9.17) is 4.74 Å². The fraction of sp³-hybridized carbons (Fsp3) is 0.188. The van der Waals surface area contributed by atoms with Crippen molar-refractivity contribution in [2.24, 2.45) is 0 Å². The fourth-order valence-corrected chi connectivity index (χ4v) is 2.24. The number of carbonyl (C=O) groups is 1. The topological polar surface area (TPSA) is 26.3 Å². The van der Waals surface area contributed by atoms with Crippen LogP contribution in [0.3, 0.4) is 0 Å². The highest BCUT2D eigenvalue weighted by Gasteiger charge is 2.19.